The Labute approximate surface area is 121 Å². The van der Waals surface area contributed by atoms with Gasteiger partial charge in [-0.3, -0.25) is 0 Å². The van der Waals surface area contributed by atoms with Crippen molar-refractivity contribution in [3.8, 4) is 11.5 Å². The molecule has 0 bridgehead atoms. The first-order chi connectivity index (χ1) is 9.72. The van der Waals surface area contributed by atoms with Gasteiger partial charge in [-0.05, 0) is 48.2 Å². The Hall–Kier alpha value is -1.80. The lowest BCUT2D eigenvalue weighted by Gasteiger charge is -2.12. The average Bonchev–Trinajstić information content (AvgIpc) is 2.49. The molecule has 2 rings (SSSR count). The molecule has 2 nitrogen and oxygen atoms in total. The summed E-state index contributed by atoms with van der Waals surface area (Å²) in [4.78, 5) is 0. The average molecular weight is 269 g/mol. The molecular formula is C18H23NO. The van der Waals surface area contributed by atoms with Crippen molar-refractivity contribution in [3.63, 3.8) is 0 Å². The fourth-order valence-corrected chi connectivity index (χ4v) is 2.19. The van der Waals surface area contributed by atoms with E-state index >= 15 is 0 Å². The van der Waals surface area contributed by atoms with Gasteiger partial charge in [-0.25, -0.2) is 0 Å². The van der Waals surface area contributed by atoms with Crippen LogP contribution in [0.25, 0.3) is 0 Å². The van der Waals surface area contributed by atoms with Crippen molar-refractivity contribution >= 4 is 0 Å². The summed E-state index contributed by atoms with van der Waals surface area (Å²) in [6, 6.07) is 16.4. The Kier molecular flexibility index (Phi) is 5.19. The predicted octanol–water partition coefficient (Wildman–Crippen LogP) is 4.84. The largest absolute Gasteiger partial charge is 0.457 e. The highest BCUT2D eigenvalue weighted by atomic mass is 16.5. The summed E-state index contributed by atoms with van der Waals surface area (Å²) in [6.45, 7) is 4.28. The molecule has 0 saturated carbocycles. The van der Waals surface area contributed by atoms with Crippen molar-refractivity contribution < 1.29 is 4.74 Å². The molecule has 0 saturated heterocycles. The highest BCUT2D eigenvalue weighted by Gasteiger charge is 2.05. The number of ether oxygens (including phenoxy) is 1. The van der Waals surface area contributed by atoms with Crippen LogP contribution in [0.5, 0.6) is 11.5 Å². The van der Waals surface area contributed by atoms with Crippen LogP contribution in [-0.2, 0) is 6.42 Å². The van der Waals surface area contributed by atoms with Crippen LogP contribution in [-0.4, -0.2) is 0 Å². The maximum atomic E-state index is 6.05. The zero-order valence-electron chi connectivity index (χ0n) is 12.3. The van der Waals surface area contributed by atoms with Gasteiger partial charge in [0.25, 0.3) is 0 Å². The summed E-state index contributed by atoms with van der Waals surface area (Å²) in [7, 11) is 0. The third kappa shape index (κ3) is 3.84. The minimum absolute atomic E-state index is 0.0745. The van der Waals surface area contributed by atoms with Gasteiger partial charge in [0.2, 0.25) is 0 Å². The van der Waals surface area contributed by atoms with Gasteiger partial charge in [-0.2, -0.15) is 0 Å². The molecule has 0 amide bonds. The summed E-state index contributed by atoms with van der Waals surface area (Å²) >= 11 is 0. The standard InChI is InChI=1S/C18H23NO/c1-3-6-14-9-11-16(12-10-14)20-17-8-5-7-15(13-17)18(19)4-2/h5,7-13,18H,3-4,6,19H2,1-2H3. The third-order valence-electron chi connectivity index (χ3n) is 3.42. The molecular weight excluding hydrogens is 246 g/mol. The molecule has 2 heteroatoms. The normalized spacial score (nSPS) is 12.2. The quantitative estimate of drug-likeness (QED) is 0.814. The molecule has 0 aliphatic rings. The number of benzene rings is 2. The summed E-state index contributed by atoms with van der Waals surface area (Å²) < 4.78 is 5.89. The molecule has 1 atom stereocenters. The summed E-state index contributed by atoms with van der Waals surface area (Å²) in [6.07, 6.45) is 3.20. The van der Waals surface area contributed by atoms with Crippen LogP contribution < -0.4 is 10.5 Å². The Balaban J connectivity index is 2.09. The highest BCUT2D eigenvalue weighted by molar-refractivity contribution is 5.36. The molecule has 0 radical (unpaired) electrons. The van der Waals surface area contributed by atoms with Crippen LogP contribution in [0.3, 0.4) is 0 Å². The third-order valence-corrected chi connectivity index (χ3v) is 3.42. The zero-order valence-corrected chi connectivity index (χ0v) is 12.3. The SMILES string of the molecule is CCCc1ccc(Oc2cccc(C(N)CC)c2)cc1. The molecule has 0 aliphatic carbocycles. The van der Waals surface area contributed by atoms with Crippen molar-refractivity contribution in [2.45, 2.75) is 39.2 Å². The fraction of sp³-hybridized carbons (Fsp3) is 0.333. The first-order valence-electron chi connectivity index (χ1n) is 7.35. The molecule has 2 N–H and O–H groups in total. The van der Waals surface area contributed by atoms with E-state index in [-0.39, 0.29) is 6.04 Å². The first kappa shape index (κ1) is 14.6. The van der Waals surface area contributed by atoms with Gasteiger partial charge in [0.1, 0.15) is 11.5 Å². The van der Waals surface area contributed by atoms with E-state index in [4.69, 9.17) is 10.5 Å². The first-order valence-corrected chi connectivity index (χ1v) is 7.35. The van der Waals surface area contributed by atoms with Crippen molar-refractivity contribution in [1.29, 1.82) is 0 Å². The fourth-order valence-electron chi connectivity index (χ4n) is 2.19. The van der Waals surface area contributed by atoms with Gasteiger partial charge in [-0.1, -0.05) is 44.5 Å². The second kappa shape index (κ2) is 7.11. The number of aryl methyl sites for hydroxylation is 1. The minimum atomic E-state index is 0.0745. The molecule has 2 aromatic rings. The van der Waals surface area contributed by atoms with Gasteiger partial charge >= 0.3 is 0 Å². The molecule has 2 aromatic carbocycles. The Morgan fingerprint density at radius 2 is 1.75 bits per heavy atom. The lowest BCUT2D eigenvalue weighted by atomic mass is 10.1. The van der Waals surface area contributed by atoms with E-state index in [0.717, 1.165) is 36.3 Å². The van der Waals surface area contributed by atoms with E-state index in [1.807, 2.05) is 36.4 Å². The number of hydrogen-bond donors (Lipinski definition) is 1. The second-order valence-electron chi connectivity index (χ2n) is 5.08. The molecule has 0 aliphatic heterocycles. The van der Waals surface area contributed by atoms with E-state index < -0.39 is 0 Å². The van der Waals surface area contributed by atoms with Gasteiger partial charge in [0, 0.05) is 6.04 Å². The molecule has 0 aromatic heterocycles. The Morgan fingerprint density at radius 3 is 2.40 bits per heavy atom. The van der Waals surface area contributed by atoms with Crippen LogP contribution in [0.4, 0.5) is 0 Å². The predicted molar refractivity (Wildman–Crippen MR) is 84.2 cm³/mol. The zero-order chi connectivity index (χ0) is 14.4. The van der Waals surface area contributed by atoms with Gasteiger partial charge in [0.15, 0.2) is 0 Å². The van der Waals surface area contributed by atoms with Crippen molar-refractivity contribution in [2.75, 3.05) is 0 Å². The van der Waals surface area contributed by atoms with Gasteiger partial charge in [0.05, 0.1) is 0 Å². The number of nitrogens with two attached hydrogens (primary N) is 1. The minimum Gasteiger partial charge on any atom is -0.457 e. The van der Waals surface area contributed by atoms with Crippen LogP contribution in [0, 0.1) is 0 Å². The summed E-state index contributed by atoms with van der Waals surface area (Å²) in [5, 5.41) is 0. The van der Waals surface area contributed by atoms with E-state index in [1.165, 1.54) is 5.56 Å². The molecule has 106 valence electrons. The van der Waals surface area contributed by atoms with Crippen LogP contribution in [0.2, 0.25) is 0 Å². The summed E-state index contributed by atoms with van der Waals surface area (Å²) in [5.41, 5.74) is 8.52. The van der Waals surface area contributed by atoms with Crippen LogP contribution >= 0.6 is 0 Å². The van der Waals surface area contributed by atoms with Crippen molar-refractivity contribution in [3.05, 3.63) is 59.7 Å². The Morgan fingerprint density at radius 1 is 1.00 bits per heavy atom. The Bertz CT molecular complexity index is 533. The number of hydrogen-bond acceptors (Lipinski definition) is 2. The van der Waals surface area contributed by atoms with Crippen molar-refractivity contribution in [2.24, 2.45) is 5.73 Å². The second-order valence-corrected chi connectivity index (χ2v) is 5.08. The van der Waals surface area contributed by atoms with Crippen molar-refractivity contribution in [1.82, 2.24) is 0 Å². The molecule has 1 unspecified atom stereocenters. The molecule has 0 heterocycles. The highest BCUT2D eigenvalue weighted by Crippen LogP contribution is 2.25. The maximum absolute atomic E-state index is 6.05. The van der Waals surface area contributed by atoms with Gasteiger partial charge in [-0.15, -0.1) is 0 Å². The maximum Gasteiger partial charge on any atom is 0.127 e. The van der Waals surface area contributed by atoms with E-state index in [9.17, 15) is 0 Å². The summed E-state index contributed by atoms with van der Waals surface area (Å²) in [5.74, 6) is 1.71. The monoisotopic (exact) mass is 269 g/mol. The van der Waals surface area contributed by atoms with E-state index in [2.05, 4.69) is 26.0 Å². The molecule has 0 fully saturated rings. The molecule has 0 spiro atoms. The number of rotatable bonds is 6. The topological polar surface area (TPSA) is 35.2 Å². The smallest absolute Gasteiger partial charge is 0.127 e. The van der Waals surface area contributed by atoms with Crippen LogP contribution in [0.1, 0.15) is 43.9 Å². The lowest BCUT2D eigenvalue weighted by molar-refractivity contribution is 0.480. The van der Waals surface area contributed by atoms with Crippen LogP contribution in [0.15, 0.2) is 48.5 Å². The van der Waals surface area contributed by atoms with E-state index in [1.54, 1.807) is 0 Å². The van der Waals surface area contributed by atoms with Gasteiger partial charge < -0.3 is 10.5 Å². The van der Waals surface area contributed by atoms with E-state index in [0.29, 0.717) is 0 Å². The lowest BCUT2D eigenvalue weighted by Crippen LogP contribution is -2.08. The molecule has 20 heavy (non-hydrogen) atoms.